The van der Waals surface area contributed by atoms with Crippen LogP contribution in [0, 0.1) is 0 Å². The lowest BCUT2D eigenvalue weighted by molar-refractivity contribution is 0.0941. The number of likely N-dealkylation sites (tertiary alicyclic amines) is 1. The Labute approximate surface area is 156 Å². The summed E-state index contributed by atoms with van der Waals surface area (Å²) in [6.45, 7) is 6.05. The second-order valence-corrected chi connectivity index (χ2v) is 9.06. The zero-order chi connectivity index (χ0) is 18.6. The molecule has 0 unspecified atom stereocenters. The molecule has 1 aromatic carbocycles. The number of amides is 1. The molecule has 0 radical (unpaired) electrons. The van der Waals surface area contributed by atoms with Crippen molar-refractivity contribution in [3.8, 4) is 0 Å². The summed E-state index contributed by atoms with van der Waals surface area (Å²) in [5.41, 5.74) is 0.503. The average Bonchev–Trinajstić information content (AvgIpc) is 3.14. The molecule has 2 fully saturated rings. The van der Waals surface area contributed by atoms with Crippen LogP contribution in [-0.4, -0.2) is 62.3 Å². The minimum Gasteiger partial charge on any atom is -0.350 e. The number of likely N-dealkylation sites (N-methyl/N-ethyl adjacent to an activating group) is 1. The maximum atomic E-state index is 12.7. The minimum absolute atomic E-state index is 0.144. The number of sulfonamides is 1. The van der Waals surface area contributed by atoms with E-state index >= 15 is 0 Å². The second-order valence-electron chi connectivity index (χ2n) is 7.12. The maximum absolute atomic E-state index is 12.7. The number of nitrogens with zero attached hydrogens (tertiary/aromatic N) is 2. The smallest absolute Gasteiger partial charge is 0.251 e. The molecule has 2 saturated heterocycles. The third-order valence-corrected chi connectivity index (χ3v) is 7.39. The van der Waals surface area contributed by atoms with Crippen molar-refractivity contribution in [2.45, 2.75) is 50.0 Å². The summed E-state index contributed by atoms with van der Waals surface area (Å²) in [5.74, 6) is -0.144. The molecule has 1 amide bonds. The Kier molecular flexibility index (Phi) is 6.32. The van der Waals surface area contributed by atoms with Gasteiger partial charge in [-0.2, -0.15) is 4.31 Å². The third-order valence-electron chi connectivity index (χ3n) is 5.47. The molecule has 26 heavy (non-hydrogen) atoms. The van der Waals surface area contributed by atoms with Gasteiger partial charge in [-0.1, -0.05) is 13.3 Å². The molecule has 0 saturated carbocycles. The van der Waals surface area contributed by atoms with Crippen molar-refractivity contribution in [1.82, 2.24) is 14.5 Å². The van der Waals surface area contributed by atoms with Crippen LogP contribution in [0.3, 0.4) is 0 Å². The van der Waals surface area contributed by atoms with E-state index in [1.807, 2.05) is 0 Å². The monoisotopic (exact) mass is 379 g/mol. The first kappa shape index (κ1) is 19.3. The van der Waals surface area contributed by atoms with E-state index in [1.54, 1.807) is 28.6 Å². The van der Waals surface area contributed by atoms with Gasteiger partial charge < -0.3 is 5.32 Å². The number of benzene rings is 1. The molecular weight excluding hydrogens is 350 g/mol. The fraction of sp³-hybridized carbons (Fsp3) is 0.632. The zero-order valence-electron chi connectivity index (χ0n) is 15.5. The first-order valence-corrected chi connectivity index (χ1v) is 11.1. The van der Waals surface area contributed by atoms with Crippen LogP contribution in [0.15, 0.2) is 29.2 Å². The first-order valence-electron chi connectivity index (χ1n) is 9.65. The van der Waals surface area contributed by atoms with E-state index in [1.165, 1.54) is 6.42 Å². The summed E-state index contributed by atoms with van der Waals surface area (Å²) in [6, 6.07) is 6.72. The largest absolute Gasteiger partial charge is 0.350 e. The van der Waals surface area contributed by atoms with Gasteiger partial charge in [-0.05, 0) is 63.0 Å². The van der Waals surface area contributed by atoms with Crippen molar-refractivity contribution in [2.24, 2.45) is 0 Å². The predicted octanol–water partition coefficient (Wildman–Crippen LogP) is 2.08. The highest BCUT2D eigenvalue weighted by atomic mass is 32.2. The highest BCUT2D eigenvalue weighted by Gasteiger charge is 2.26. The summed E-state index contributed by atoms with van der Waals surface area (Å²) in [7, 11) is -3.45. The number of rotatable bonds is 6. The van der Waals surface area contributed by atoms with Gasteiger partial charge in [0.15, 0.2) is 0 Å². The highest BCUT2D eigenvalue weighted by molar-refractivity contribution is 7.89. The van der Waals surface area contributed by atoms with Gasteiger partial charge in [0.05, 0.1) is 4.90 Å². The van der Waals surface area contributed by atoms with Crippen molar-refractivity contribution in [2.75, 3.05) is 32.7 Å². The van der Waals surface area contributed by atoms with Crippen LogP contribution in [-0.2, 0) is 10.0 Å². The molecule has 0 aromatic heterocycles. The SMILES string of the molecule is CCN1CCC[C@@H]1CNC(=O)c1ccc(S(=O)(=O)N2CCCCC2)cc1. The molecule has 0 spiro atoms. The van der Waals surface area contributed by atoms with Gasteiger partial charge in [-0.15, -0.1) is 0 Å². The van der Waals surface area contributed by atoms with E-state index in [4.69, 9.17) is 0 Å². The van der Waals surface area contributed by atoms with Gasteiger partial charge in [0.25, 0.3) is 5.91 Å². The molecule has 144 valence electrons. The summed E-state index contributed by atoms with van der Waals surface area (Å²) in [5, 5.41) is 2.99. The number of hydrogen-bond acceptors (Lipinski definition) is 4. The minimum atomic E-state index is -3.45. The molecule has 7 heteroatoms. The van der Waals surface area contributed by atoms with E-state index in [9.17, 15) is 13.2 Å². The van der Waals surface area contributed by atoms with E-state index in [0.717, 1.165) is 38.8 Å². The summed E-state index contributed by atoms with van der Waals surface area (Å²) < 4.78 is 26.9. The fourth-order valence-electron chi connectivity index (χ4n) is 3.89. The van der Waals surface area contributed by atoms with Crippen LogP contribution >= 0.6 is 0 Å². The quantitative estimate of drug-likeness (QED) is 0.822. The molecule has 2 heterocycles. The van der Waals surface area contributed by atoms with Crippen molar-refractivity contribution in [3.63, 3.8) is 0 Å². The molecule has 1 N–H and O–H groups in total. The lowest BCUT2D eigenvalue weighted by atomic mass is 10.2. The average molecular weight is 380 g/mol. The highest BCUT2D eigenvalue weighted by Crippen LogP contribution is 2.21. The third kappa shape index (κ3) is 4.27. The normalized spacial score (nSPS) is 22.4. The van der Waals surface area contributed by atoms with Gasteiger partial charge in [0.1, 0.15) is 0 Å². The van der Waals surface area contributed by atoms with E-state index in [-0.39, 0.29) is 10.8 Å². The Bertz CT molecular complexity index is 712. The van der Waals surface area contributed by atoms with Crippen LogP contribution < -0.4 is 5.32 Å². The molecule has 3 rings (SSSR count). The molecule has 2 aliphatic rings. The first-order chi connectivity index (χ1) is 12.5. The summed E-state index contributed by atoms with van der Waals surface area (Å²) in [4.78, 5) is 15.0. The van der Waals surface area contributed by atoms with Crippen molar-refractivity contribution in [3.05, 3.63) is 29.8 Å². The predicted molar refractivity (Wildman–Crippen MR) is 102 cm³/mol. The van der Waals surface area contributed by atoms with E-state index < -0.39 is 10.0 Å². The summed E-state index contributed by atoms with van der Waals surface area (Å²) >= 11 is 0. The Morgan fingerprint density at radius 3 is 2.42 bits per heavy atom. The molecule has 1 aromatic rings. The standard InChI is InChI=1S/C19H29N3O3S/c1-2-21-12-6-7-17(21)15-20-19(23)16-8-10-18(11-9-16)26(24,25)22-13-4-3-5-14-22/h8-11,17H,2-7,12-15H2,1H3,(H,20,23)/t17-/m1/s1. The Morgan fingerprint density at radius 1 is 1.08 bits per heavy atom. The van der Waals surface area contributed by atoms with Crippen LogP contribution in [0.5, 0.6) is 0 Å². The maximum Gasteiger partial charge on any atom is 0.251 e. The lowest BCUT2D eigenvalue weighted by Crippen LogP contribution is -2.40. The molecular formula is C19H29N3O3S. The second kappa shape index (κ2) is 8.50. The Hall–Kier alpha value is -1.44. The van der Waals surface area contributed by atoms with Gasteiger partial charge in [-0.25, -0.2) is 8.42 Å². The molecule has 1 atom stereocenters. The number of hydrogen-bond donors (Lipinski definition) is 1. The Morgan fingerprint density at radius 2 is 1.77 bits per heavy atom. The van der Waals surface area contributed by atoms with E-state index in [2.05, 4.69) is 17.1 Å². The topological polar surface area (TPSA) is 69.7 Å². The van der Waals surface area contributed by atoms with Crippen LogP contribution in [0.2, 0.25) is 0 Å². The molecule has 0 bridgehead atoms. The number of carbonyl (C=O) groups is 1. The van der Waals surface area contributed by atoms with Gasteiger partial charge in [0.2, 0.25) is 10.0 Å². The van der Waals surface area contributed by atoms with Crippen LogP contribution in [0.1, 0.15) is 49.4 Å². The van der Waals surface area contributed by atoms with E-state index in [0.29, 0.717) is 31.2 Å². The summed E-state index contributed by atoms with van der Waals surface area (Å²) in [6.07, 6.45) is 5.20. The molecule has 0 aliphatic carbocycles. The number of piperidine rings is 1. The number of nitrogens with one attached hydrogen (secondary N) is 1. The van der Waals surface area contributed by atoms with Gasteiger partial charge >= 0.3 is 0 Å². The van der Waals surface area contributed by atoms with Gasteiger partial charge in [-0.3, -0.25) is 9.69 Å². The van der Waals surface area contributed by atoms with Gasteiger partial charge in [0, 0.05) is 31.2 Å². The fourth-order valence-corrected chi connectivity index (χ4v) is 5.40. The van der Waals surface area contributed by atoms with Crippen molar-refractivity contribution in [1.29, 1.82) is 0 Å². The lowest BCUT2D eigenvalue weighted by Gasteiger charge is -2.26. The Balaban J connectivity index is 1.60. The van der Waals surface area contributed by atoms with Crippen molar-refractivity contribution < 1.29 is 13.2 Å². The number of carbonyl (C=O) groups excluding carboxylic acids is 1. The molecule has 6 nitrogen and oxygen atoms in total. The molecule has 2 aliphatic heterocycles. The zero-order valence-corrected chi connectivity index (χ0v) is 16.3. The van der Waals surface area contributed by atoms with Crippen LogP contribution in [0.25, 0.3) is 0 Å². The van der Waals surface area contributed by atoms with Crippen LogP contribution in [0.4, 0.5) is 0 Å². The van der Waals surface area contributed by atoms with Crippen molar-refractivity contribution >= 4 is 15.9 Å².